The van der Waals surface area contributed by atoms with Crippen molar-refractivity contribution in [3.05, 3.63) is 57.8 Å². The van der Waals surface area contributed by atoms with E-state index in [1.807, 2.05) is 0 Å². The largest absolute Gasteiger partial charge is 0.478 e. The summed E-state index contributed by atoms with van der Waals surface area (Å²) >= 11 is 3.21. The van der Waals surface area contributed by atoms with Crippen molar-refractivity contribution in [3.8, 4) is 0 Å². The van der Waals surface area contributed by atoms with Gasteiger partial charge in [-0.15, -0.1) is 0 Å². The SMILES string of the molecule is NC(=O)c1c(Br)cccc1Nc1ccc(C(=O)O)c(F)c1. The van der Waals surface area contributed by atoms with Gasteiger partial charge in [0.15, 0.2) is 0 Å². The molecule has 0 aliphatic rings. The van der Waals surface area contributed by atoms with Gasteiger partial charge in [0.25, 0.3) is 5.91 Å². The van der Waals surface area contributed by atoms with Gasteiger partial charge in [0, 0.05) is 10.2 Å². The molecule has 0 fully saturated rings. The molecule has 0 unspecified atom stereocenters. The molecule has 0 aliphatic heterocycles. The lowest BCUT2D eigenvalue weighted by molar-refractivity contribution is 0.0691. The zero-order chi connectivity index (χ0) is 15.6. The number of nitrogens with one attached hydrogen (secondary N) is 1. The van der Waals surface area contributed by atoms with Crippen LogP contribution in [0, 0.1) is 5.82 Å². The lowest BCUT2D eigenvalue weighted by atomic mass is 10.1. The minimum atomic E-state index is -1.35. The Morgan fingerprint density at radius 1 is 1.24 bits per heavy atom. The van der Waals surface area contributed by atoms with E-state index in [2.05, 4.69) is 21.2 Å². The van der Waals surface area contributed by atoms with Crippen molar-refractivity contribution < 1.29 is 19.1 Å². The van der Waals surface area contributed by atoms with E-state index in [-0.39, 0.29) is 5.56 Å². The number of rotatable bonds is 4. The fraction of sp³-hybridized carbons (Fsp3) is 0. The molecule has 2 aromatic rings. The van der Waals surface area contributed by atoms with Crippen LogP contribution in [0.3, 0.4) is 0 Å². The number of carboxylic acids is 1. The zero-order valence-electron chi connectivity index (χ0n) is 10.6. The first kappa shape index (κ1) is 15.0. The predicted molar refractivity (Wildman–Crippen MR) is 79.3 cm³/mol. The smallest absolute Gasteiger partial charge is 0.338 e. The molecule has 0 radical (unpaired) electrons. The molecule has 0 heterocycles. The van der Waals surface area contributed by atoms with E-state index in [1.54, 1.807) is 18.2 Å². The number of amides is 1. The molecule has 2 aromatic carbocycles. The highest BCUT2D eigenvalue weighted by Crippen LogP contribution is 2.27. The van der Waals surface area contributed by atoms with Crippen molar-refractivity contribution in [2.45, 2.75) is 0 Å². The second kappa shape index (κ2) is 5.92. The summed E-state index contributed by atoms with van der Waals surface area (Å²) in [5.74, 6) is -2.87. The Kier molecular flexibility index (Phi) is 4.23. The first-order chi connectivity index (χ1) is 9.90. The molecule has 2 rings (SSSR count). The third kappa shape index (κ3) is 3.19. The summed E-state index contributed by atoms with van der Waals surface area (Å²) < 4.78 is 14.1. The molecule has 0 bridgehead atoms. The van der Waals surface area contributed by atoms with E-state index in [1.165, 1.54) is 6.07 Å². The summed E-state index contributed by atoms with van der Waals surface area (Å²) in [4.78, 5) is 22.2. The highest BCUT2D eigenvalue weighted by molar-refractivity contribution is 9.10. The number of primary amides is 1. The minimum Gasteiger partial charge on any atom is -0.478 e. The van der Waals surface area contributed by atoms with Gasteiger partial charge in [-0.25, -0.2) is 9.18 Å². The lowest BCUT2D eigenvalue weighted by Gasteiger charge is -2.12. The number of carbonyl (C=O) groups excluding carboxylic acids is 1. The van der Waals surface area contributed by atoms with Crippen LogP contribution in [0.5, 0.6) is 0 Å². The van der Waals surface area contributed by atoms with Crippen molar-refractivity contribution in [1.82, 2.24) is 0 Å². The Morgan fingerprint density at radius 2 is 1.95 bits per heavy atom. The van der Waals surface area contributed by atoms with Gasteiger partial charge in [-0.2, -0.15) is 0 Å². The third-order valence-electron chi connectivity index (χ3n) is 2.74. The van der Waals surface area contributed by atoms with Crippen LogP contribution in [0.1, 0.15) is 20.7 Å². The molecule has 0 atom stereocenters. The van der Waals surface area contributed by atoms with Crippen LogP contribution in [0.25, 0.3) is 0 Å². The van der Waals surface area contributed by atoms with Crippen LogP contribution in [-0.2, 0) is 0 Å². The number of carboxylic acid groups (broad SMARTS) is 1. The molecule has 108 valence electrons. The molecule has 0 saturated heterocycles. The first-order valence-electron chi connectivity index (χ1n) is 5.78. The quantitative estimate of drug-likeness (QED) is 0.787. The predicted octanol–water partition coefficient (Wildman–Crippen LogP) is 3.13. The Hall–Kier alpha value is -2.41. The maximum absolute atomic E-state index is 13.6. The number of hydrogen-bond acceptors (Lipinski definition) is 3. The molecule has 5 nitrogen and oxygen atoms in total. The van der Waals surface area contributed by atoms with Crippen LogP contribution in [0.2, 0.25) is 0 Å². The van der Waals surface area contributed by atoms with Crippen LogP contribution in [0.4, 0.5) is 15.8 Å². The average Bonchev–Trinajstić information content (AvgIpc) is 2.37. The Labute approximate surface area is 127 Å². The Balaban J connectivity index is 2.39. The molecule has 4 N–H and O–H groups in total. The standard InChI is InChI=1S/C14H10BrFN2O3/c15-9-2-1-3-11(12(9)13(17)19)18-7-4-5-8(14(20)21)10(16)6-7/h1-6,18H,(H2,17,19)(H,20,21). The van der Waals surface area contributed by atoms with E-state index in [4.69, 9.17) is 10.8 Å². The summed E-state index contributed by atoms with van der Waals surface area (Å²) in [5, 5.41) is 11.6. The number of hydrogen-bond donors (Lipinski definition) is 3. The van der Waals surface area contributed by atoms with Gasteiger partial charge in [0.05, 0.1) is 16.8 Å². The molecular weight excluding hydrogens is 343 g/mol. The molecule has 0 aromatic heterocycles. The normalized spacial score (nSPS) is 10.2. The fourth-order valence-corrected chi connectivity index (χ4v) is 2.36. The van der Waals surface area contributed by atoms with Gasteiger partial charge in [0.2, 0.25) is 0 Å². The summed E-state index contributed by atoms with van der Waals surface area (Å²) in [6.45, 7) is 0. The van der Waals surface area contributed by atoms with Gasteiger partial charge < -0.3 is 16.2 Å². The van der Waals surface area contributed by atoms with Crippen molar-refractivity contribution in [3.63, 3.8) is 0 Å². The Morgan fingerprint density at radius 3 is 2.52 bits per heavy atom. The van der Waals surface area contributed by atoms with Crippen molar-refractivity contribution in [2.24, 2.45) is 5.73 Å². The number of halogens is 2. The van der Waals surface area contributed by atoms with Crippen LogP contribution in [0.15, 0.2) is 40.9 Å². The summed E-state index contributed by atoms with van der Waals surface area (Å²) in [5.41, 5.74) is 5.79. The van der Waals surface area contributed by atoms with Crippen molar-refractivity contribution >= 4 is 39.2 Å². The first-order valence-corrected chi connectivity index (χ1v) is 6.57. The summed E-state index contributed by atoms with van der Waals surface area (Å²) in [7, 11) is 0. The van der Waals surface area contributed by atoms with Crippen LogP contribution >= 0.6 is 15.9 Å². The van der Waals surface area contributed by atoms with Gasteiger partial charge in [-0.3, -0.25) is 4.79 Å². The van der Waals surface area contributed by atoms with Gasteiger partial charge in [0.1, 0.15) is 5.82 Å². The van der Waals surface area contributed by atoms with E-state index in [0.29, 0.717) is 15.8 Å². The zero-order valence-corrected chi connectivity index (χ0v) is 12.1. The highest BCUT2D eigenvalue weighted by atomic mass is 79.9. The second-order valence-corrected chi connectivity index (χ2v) is 5.01. The molecule has 21 heavy (non-hydrogen) atoms. The van der Waals surface area contributed by atoms with E-state index < -0.39 is 23.3 Å². The van der Waals surface area contributed by atoms with E-state index >= 15 is 0 Å². The summed E-state index contributed by atoms with van der Waals surface area (Å²) in [6.07, 6.45) is 0. The number of aromatic carboxylic acids is 1. The summed E-state index contributed by atoms with van der Waals surface area (Å²) in [6, 6.07) is 8.52. The number of carbonyl (C=O) groups is 2. The van der Waals surface area contributed by atoms with Crippen LogP contribution < -0.4 is 11.1 Å². The maximum atomic E-state index is 13.6. The molecule has 0 saturated carbocycles. The average molecular weight is 353 g/mol. The van der Waals surface area contributed by atoms with Crippen molar-refractivity contribution in [1.29, 1.82) is 0 Å². The molecule has 0 spiro atoms. The van der Waals surface area contributed by atoms with Crippen LogP contribution in [-0.4, -0.2) is 17.0 Å². The topological polar surface area (TPSA) is 92.4 Å². The van der Waals surface area contributed by atoms with Crippen molar-refractivity contribution in [2.75, 3.05) is 5.32 Å². The van der Waals surface area contributed by atoms with E-state index in [9.17, 15) is 14.0 Å². The molecule has 0 aliphatic carbocycles. The monoisotopic (exact) mass is 352 g/mol. The van der Waals surface area contributed by atoms with Gasteiger partial charge in [-0.05, 0) is 46.3 Å². The van der Waals surface area contributed by atoms with Gasteiger partial charge >= 0.3 is 5.97 Å². The highest BCUT2D eigenvalue weighted by Gasteiger charge is 2.14. The molecular formula is C14H10BrFN2O3. The fourth-order valence-electron chi connectivity index (χ4n) is 1.80. The van der Waals surface area contributed by atoms with Gasteiger partial charge in [-0.1, -0.05) is 6.07 Å². The lowest BCUT2D eigenvalue weighted by Crippen LogP contribution is -2.14. The maximum Gasteiger partial charge on any atom is 0.338 e. The second-order valence-electron chi connectivity index (χ2n) is 4.15. The minimum absolute atomic E-state index is 0.222. The number of anilines is 2. The van der Waals surface area contributed by atoms with E-state index in [0.717, 1.165) is 12.1 Å². The number of benzene rings is 2. The molecule has 1 amide bonds. The number of nitrogens with two attached hydrogens (primary N) is 1. The third-order valence-corrected chi connectivity index (χ3v) is 3.40. The Bertz CT molecular complexity index is 734. The molecule has 7 heteroatoms.